The fourth-order valence-electron chi connectivity index (χ4n) is 2.41. The maximum Gasteiger partial charge on any atom is 0.416 e. The summed E-state index contributed by atoms with van der Waals surface area (Å²) < 4.78 is 38.2. The van der Waals surface area contributed by atoms with E-state index in [1.165, 1.54) is 28.9 Å². The highest BCUT2D eigenvalue weighted by Crippen LogP contribution is 2.32. The van der Waals surface area contributed by atoms with Crippen molar-refractivity contribution >= 4 is 17.5 Å². The number of piperazine rings is 1. The van der Waals surface area contributed by atoms with Crippen LogP contribution in [-0.4, -0.2) is 35.8 Å². The van der Waals surface area contributed by atoms with Gasteiger partial charge in [-0.2, -0.15) is 13.2 Å². The topological polar surface area (TPSA) is 40.6 Å². The number of halogens is 3. The summed E-state index contributed by atoms with van der Waals surface area (Å²) >= 11 is 0. The Bertz CT molecular complexity index is 572. The van der Waals surface area contributed by atoms with Gasteiger partial charge in [-0.05, 0) is 25.1 Å². The summed E-state index contributed by atoms with van der Waals surface area (Å²) in [6, 6.07) is 3.97. The molecular weight excluding hydrogens is 285 g/mol. The molecule has 1 heterocycles. The lowest BCUT2D eigenvalue weighted by molar-refractivity contribution is -0.139. The Hall–Kier alpha value is -2.05. The van der Waals surface area contributed by atoms with Crippen LogP contribution in [0.3, 0.4) is 0 Å². The molecule has 1 aromatic rings. The van der Waals surface area contributed by atoms with Gasteiger partial charge in [0.1, 0.15) is 6.04 Å². The number of anilines is 1. The van der Waals surface area contributed by atoms with Gasteiger partial charge in [0.15, 0.2) is 0 Å². The lowest BCUT2D eigenvalue weighted by Gasteiger charge is -2.38. The quantitative estimate of drug-likeness (QED) is 0.798. The second-order valence-electron chi connectivity index (χ2n) is 4.93. The Balaban J connectivity index is 2.28. The largest absolute Gasteiger partial charge is 0.416 e. The molecule has 0 aliphatic carbocycles. The molecule has 0 N–H and O–H groups in total. The summed E-state index contributed by atoms with van der Waals surface area (Å²) in [5.41, 5.74) is -0.598. The number of alkyl halides is 3. The minimum absolute atomic E-state index is 0.185. The fraction of sp³-hybridized carbons (Fsp3) is 0.429. The monoisotopic (exact) mass is 300 g/mol. The molecule has 0 spiro atoms. The van der Waals surface area contributed by atoms with Crippen molar-refractivity contribution in [2.75, 3.05) is 18.0 Å². The average Bonchev–Trinajstić information content (AvgIpc) is 2.40. The number of hydrogen-bond donors (Lipinski definition) is 0. The van der Waals surface area contributed by atoms with E-state index in [-0.39, 0.29) is 24.0 Å². The molecule has 7 heteroatoms. The van der Waals surface area contributed by atoms with Crippen molar-refractivity contribution in [1.29, 1.82) is 0 Å². The van der Waals surface area contributed by atoms with Crippen molar-refractivity contribution < 1.29 is 22.8 Å². The van der Waals surface area contributed by atoms with Crippen molar-refractivity contribution in [1.82, 2.24) is 4.90 Å². The van der Waals surface area contributed by atoms with E-state index in [0.717, 1.165) is 12.1 Å². The van der Waals surface area contributed by atoms with Crippen molar-refractivity contribution in [3.05, 3.63) is 29.8 Å². The summed E-state index contributed by atoms with van der Waals surface area (Å²) in [4.78, 5) is 26.3. The SMILES string of the molecule is CC(=O)N1CCN(c2cccc(C(F)(F)F)c2)C(=O)[C@@H]1C. The predicted molar refractivity (Wildman–Crippen MR) is 70.6 cm³/mol. The number of benzene rings is 1. The van der Waals surface area contributed by atoms with E-state index in [0.29, 0.717) is 6.54 Å². The first kappa shape index (κ1) is 15.3. The van der Waals surface area contributed by atoms with Gasteiger partial charge in [0.05, 0.1) is 5.56 Å². The fourth-order valence-corrected chi connectivity index (χ4v) is 2.41. The number of amides is 2. The van der Waals surface area contributed by atoms with E-state index in [2.05, 4.69) is 0 Å². The molecule has 1 saturated heterocycles. The van der Waals surface area contributed by atoms with E-state index < -0.39 is 17.8 Å². The minimum atomic E-state index is -4.45. The van der Waals surface area contributed by atoms with Crippen LogP contribution >= 0.6 is 0 Å². The molecule has 1 aromatic carbocycles. The van der Waals surface area contributed by atoms with Crippen LogP contribution in [0.4, 0.5) is 18.9 Å². The lowest BCUT2D eigenvalue weighted by Crippen LogP contribution is -2.57. The third-order valence-electron chi connectivity index (χ3n) is 3.55. The van der Waals surface area contributed by atoms with Crippen LogP contribution in [0.25, 0.3) is 0 Å². The third-order valence-corrected chi connectivity index (χ3v) is 3.55. The summed E-state index contributed by atoms with van der Waals surface area (Å²) in [7, 11) is 0. The molecule has 0 aromatic heterocycles. The Morgan fingerprint density at radius 2 is 1.95 bits per heavy atom. The van der Waals surface area contributed by atoms with Gasteiger partial charge >= 0.3 is 6.18 Å². The van der Waals surface area contributed by atoms with Gasteiger partial charge in [0, 0.05) is 25.7 Å². The van der Waals surface area contributed by atoms with Gasteiger partial charge in [-0.15, -0.1) is 0 Å². The molecule has 1 aliphatic rings. The first-order valence-electron chi connectivity index (χ1n) is 6.47. The van der Waals surface area contributed by atoms with Crippen LogP contribution < -0.4 is 4.90 Å². The van der Waals surface area contributed by atoms with Crippen molar-refractivity contribution in [3.8, 4) is 0 Å². The van der Waals surface area contributed by atoms with Gasteiger partial charge in [-0.3, -0.25) is 9.59 Å². The molecule has 0 unspecified atom stereocenters. The number of carbonyl (C=O) groups is 2. The summed E-state index contributed by atoms with van der Waals surface area (Å²) in [5.74, 6) is -0.602. The molecule has 2 rings (SSSR count). The van der Waals surface area contributed by atoms with E-state index in [1.54, 1.807) is 6.92 Å². The number of hydrogen-bond acceptors (Lipinski definition) is 2. The molecule has 1 fully saturated rings. The van der Waals surface area contributed by atoms with E-state index >= 15 is 0 Å². The Morgan fingerprint density at radius 3 is 2.52 bits per heavy atom. The second-order valence-corrected chi connectivity index (χ2v) is 4.93. The van der Waals surface area contributed by atoms with Crippen LogP contribution in [0.15, 0.2) is 24.3 Å². The average molecular weight is 300 g/mol. The maximum absolute atomic E-state index is 12.7. The zero-order valence-corrected chi connectivity index (χ0v) is 11.6. The van der Waals surface area contributed by atoms with E-state index in [1.807, 2.05) is 0 Å². The van der Waals surface area contributed by atoms with Crippen molar-refractivity contribution in [3.63, 3.8) is 0 Å². The third kappa shape index (κ3) is 3.01. The normalized spacial score (nSPS) is 19.9. The van der Waals surface area contributed by atoms with Gasteiger partial charge in [-0.1, -0.05) is 6.07 Å². The van der Waals surface area contributed by atoms with Crippen LogP contribution in [0, 0.1) is 0 Å². The Labute approximate surface area is 120 Å². The number of rotatable bonds is 1. The summed E-state index contributed by atoms with van der Waals surface area (Å²) in [6.45, 7) is 3.43. The Kier molecular flexibility index (Phi) is 3.93. The molecule has 1 atom stereocenters. The standard InChI is InChI=1S/C14H15F3N2O2/c1-9-13(21)19(7-6-18(9)10(2)20)12-5-3-4-11(8-12)14(15,16)17/h3-5,8-9H,6-7H2,1-2H3/t9-/m0/s1. The number of carbonyl (C=O) groups excluding carboxylic acids is 2. The highest BCUT2D eigenvalue weighted by molar-refractivity contribution is 6.00. The Morgan fingerprint density at radius 1 is 1.29 bits per heavy atom. The highest BCUT2D eigenvalue weighted by atomic mass is 19.4. The smallest absolute Gasteiger partial charge is 0.329 e. The maximum atomic E-state index is 12.7. The van der Waals surface area contributed by atoms with Crippen LogP contribution in [0.2, 0.25) is 0 Å². The van der Waals surface area contributed by atoms with Crippen LogP contribution in [-0.2, 0) is 15.8 Å². The molecule has 4 nitrogen and oxygen atoms in total. The molecule has 2 amide bonds. The van der Waals surface area contributed by atoms with Gasteiger partial charge in [-0.25, -0.2) is 0 Å². The number of nitrogens with zero attached hydrogens (tertiary/aromatic N) is 2. The van der Waals surface area contributed by atoms with Crippen molar-refractivity contribution in [2.45, 2.75) is 26.1 Å². The molecule has 21 heavy (non-hydrogen) atoms. The van der Waals surface area contributed by atoms with Crippen molar-refractivity contribution in [2.24, 2.45) is 0 Å². The van der Waals surface area contributed by atoms with Crippen LogP contribution in [0.1, 0.15) is 19.4 Å². The molecule has 0 bridgehead atoms. The van der Waals surface area contributed by atoms with E-state index in [4.69, 9.17) is 0 Å². The summed E-state index contributed by atoms with van der Waals surface area (Å²) in [5, 5.41) is 0. The highest BCUT2D eigenvalue weighted by Gasteiger charge is 2.35. The van der Waals surface area contributed by atoms with Gasteiger partial charge in [0.2, 0.25) is 11.8 Å². The first-order chi connectivity index (χ1) is 9.71. The molecular formula is C14H15F3N2O2. The molecule has 0 radical (unpaired) electrons. The summed E-state index contributed by atoms with van der Waals surface area (Å²) in [6.07, 6.45) is -4.45. The molecule has 0 saturated carbocycles. The predicted octanol–water partition coefficient (Wildman–Crippen LogP) is 2.29. The zero-order chi connectivity index (χ0) is 15.8. The minimum Gasteiger partial charge on any atom is -0.329 e. The first-order valence-corrected chi connectivity index (χ1v) is 6.47. The molecule has 114 valence electrons. The zero-order valence-electron chi connectivity index (χ0n) is 11.6. The van der Waals surface area contributed by atoms with Gasteiger partial charge in [0.25, 0.3) is 0 Å². The molecule has 1 aliphatic heterocycles. The van der Waals surface area contributed by atoms with E-state index in [9.17, 15) is 22.8 Å². The second kappa shape index (κ2) is 5.38. The van der Waals surface area contributed by atoms with Gasteiger partial charge < -0.3 is 9.80 Å². The van der Waals surface area contributed by atoms with Crippen LogP contribution in [0.5, 0.6) is 0 Å². The lowest BCUT2D eigenvalue weighted by atomic mass is 10.1.